The minimum Gasteiger partial charge on any atom is -0.310 e. The van der Waals surface area contributed by atoms with Gasteiger partial charge in [0.15, 0.2) is 0 Å². The van der Waals surface area contributed by atoms with Gasteiger partial charge in [-0.05, 0) is 176 Å². The molecule has 4 saturated carbocycles. The third-order valence-electron chi connectivity index (χ3n) is 16.3. The molecule has 6 aliphatic rings. The monoisotopic (exact) mass is 797 g/mol. The molecule has 0 unspecified atom stereocenters. The van der Waals surface area contributed by atoms with Crippen LogP contribution in [0.1, 0.15) is 68.2 Å². The molecule has 300 valence electrons. The van der Waals surface area contributed by atoms with Crippen LogP contribution in [-0.2, 0) is 10.8 Å². The highest BCUT2D eigenvalue weighted by atomic mass is 15.1. The molecular weight excluding hydrogens is 747 g/mol. The van der Waals surface area contributed by atoms with E-state index in [1.54, 1.807) is 11.1 Å². The van der Waals surface area contributed by atoms with Crippen molar-refractivity contribution in [3.8, 4) is 55.6 Å². The summed E-state index contributed by atoms with van der Waals surface area (Å²) in [4.78, 5) is 2.54. The van der Waals surface area contributed by atoms with Crippen molar-refractivity contribution in [1.82, 2.24) is 0 Å². The fourth-order valence-electron chi connectivity index (χ4n) is 13.8. The van der Waals surface area contributed by atoms with Crippen molar-refractivity contribution in [3.63, 3.8) is 0 Å². The van der Waals surface area contributed by atoms with Gasteiger partial charge in [0.05, 0.1) is 0 Å². The van der Waals surface area contributed by atoms with Gasteiger partial charge in [0.2, 0.25) is 0 Å². The molecule has 14 rings (SSSR count). The molecule has 0 atom stereocenters. The number of hydrogen-bond acceptors (Lipinski definition) is 1. The van der Waals surface area contributed by atoms with E-state index in [1.165, 1.54) is 116 Å². The minimum atomic E-state index is -0.00402. The highest BCUT2D eigenvalue weighted by molar-refractivity contribution is 5.97. The molecule has 62 heavy (non-hydrogen) atoms. The summed E-state index contributed by atoms with van der Waals surface area (Å²) in [6.07, 6.45) is 6.91. The van der Waals surface area contributed by atoms with Crippen molar-refractivity contribution in [2.45, 2.75) is 56.8 Å². The van der Waals surface area contributed by atoms with E-state index in [0.29, 0.717) is 11.8 Å². The van der Waals surface area contributed by atoms with E-state index in [4.69, 9.17) is 0 Å². The molecule has 4 fully saturated rings. The first-order valence-electron chi connectivity index (χ1n) is 23.1. The molecule has 6 aliphatic carbocycles. The van der Waals surface area contributed by atoms with E-state index in [-0.39, 0.29) is 10.8 Å². The maximum Gasteiger partial charge on any atom is 0.0471 e. The van der Waals surface area contributed by atoms with Crippen LogP contribution in [0, 0.1) is 23.7 Å². The Morgan fingerprint density at radius 3 is 1.50 bits per heavy atom. The van der Waals surface area contributed by atoms with E-state index in [0.717, 1.165) is 11.8 Å². The van der Waals surface area contributed by atoms with Crippen molar-refractivity contribution in [2.75, 3.05) is 4.90 Å². The SMILES string of the molecule is CC1(C)c2ccccc2-c2cc(-c3ccc(N(c4ccc(-c5ccccc5)cc4)c4cc(-c5ccccc5)c5c(c4)C4(c6ccccc6-5)C5CC6CC(C5)CC4C6)cc3)ccc21. The molecule has 8 aromatic rings. The number of nitrogens with zero attached hydrogens (tertiary/aromatic N) is 1. The maximum absolute atomic E-state index is 2.66. The molecule has 1 nitrogen and oxygen atoms in total. The van der Waals surface area contributed by atoms with Crippen LogP contribution in [0.3, 0.4) is 0 Å². The predicted molar refractivity (Wildman–Crippen MR) is 258 cm³/mol. The summed E-state index contributed by atoms with van der Waals surface area (Å²) in [6.45, 7) is 4.72. The van der Waals surface area contributed by atoms with Gasteiger partial charge in [0.25, 0.3) is 0 Å². The molecule has 0 amide bonds. The zero-order chi connectivity index (χ0) is 41.2. The fraction of sp³-hybridized carbons (Fsp3) is 0.213. The van der Waals surface area contributed by atoms with Crippen molar-refractivity contribution < 1.29 is 0 Å². The summed E-state index contributed by atoms with van der Waals surface area (Å²) >= 11 is 0. The Labute approximate surface area is 366 Å². The van der Waals surface area contributed by atoms with E-state index < -0.39 is 0 Å². The van der Waals surface area contributed by atoms with Crippen molar-refractivity contribution in [1.29, 1.82) is 0 Å². The van der Waals surface area contributed by atoms with Gasteiger partial charge in [-0.2, -0.15) is 0 Å². The van der Waals surface area contributed by atoms with Gasteiger partial charge in [-0.1, -0.05) is 159 Å². The summed E-state index contributed by atoms with van der Waals surface area (Å²) in [5.74, 6) is 3.15. The molecule has 0 aromatic heterocycles. The van der Waals surface area contributed by atoms with Gasteiger partial charge < -0.3 is 4.90 Å². The molecule has 1 heteroatoms. The maximum atomic E-state index is 2.66. The topological polar surface area (TPSA) is 3.24 Å². The number of fused-ring (bicyclic) bond motifs is 6. The first-order chi connectivity index (χ1) is 30.4. The second-order valence-electron chi connectivity index (χ2n) is 19.7. The highest BCUT2D eigenvalue weighted by Gasteiger charge is 2.62. The summed E-state index contributed by atoms with van der Waals surface area (Å²) in [6, 6.07) is 71.5. The van der Waals surface area contributed by atoms with Crippen LogP contribution in [0.5, 0.6) is 0 Å². The lowest BCUT2D eigenvalue weighted by atomic mass is 9.43. The summed E-state index contributed by atoms with van der Waals surface area (Å²) in [5, 5.41) is 0. The van der Waals surface area contributed by atoms with E-state index >= 15 is 0 Å². The van der Waals surface area contributed by atoms with E-state index in [9.17, 15) is 0 Å². The van der Waals surface area contributed by atoms with Gasteiger partial charge in [0.1, 0.15) is 0 Å². The lowest BCUT2D eigenvalue weighted by Crippen LogP contribution is -2.55. The molecule has 0 N–H and O–H groups in total. The zero-order valence-corrected chi connectivity index (χ0v) is 35.7. The minimum absolute atomic E-state index is 0.00402. The zero-order valence-electron chi connectivity index (χ0n) is 35.7. The quantitative estimate of drug-likeness (QED) is 0.162. The van der Waals surface area contributed by atoms with Crippen molar-refractivity contribution in [2.24, 2.45) is 23.7 Å². The second-order valence-corrected chi connectivity index (χ2v) is 19.7. The summed E-state index contributed by atoms with van der Waals surface area (Å²) < 4.78 is 0. The Kier molecular flexibility index (Phi) is 7.91. The molecule has 8 aromatic carbocycles. The lowest BCUT2D eigenvalue weighted by Gasteiger charge is -2.61. The van der Waals surface area contributed by atoms with E-state index in [1.807, 2.05) is 0 Å². The van der Waals surface area contributed by atoms with E-state index in [2.05, 4.69) is 207 Å². The Hall–Kier alpha value is -6.44. The molecule has 0 aliphatic heterocycles. The summed E-state index contributed by atoms with van der Waals surface area (Å²) in [5.41, 5.74) is 22.9. The van der Waals surface area contributed by atoms with Crippen LogP contribution in [0.2, 0.25) is 0 Å². The normalized spacial score (nSPS) is 22.9. The van der Waals surface area contributed by atoms with Crippen LogP contribution in [-0.4, -0.2) is 0 Å². The van der Waals surface area contributed by atoms with Crippen molar-refractivity contribution in [3.05, 3.63) is 210 Å². The number of anilines is 3. The van der Waals surface area contributed by atoms with Crippen LogP contribution in [0.25, 0.3) is 55.6 Å². The Bertz CT molecular complexity index is 3000. The standard InChI is InChI=1S/C61H51N/c1-60(2)55-19-11-9-17-51(55)54-36-45(25-30-56(54)60)43-23-28-49(29-24-43)62(48-26-21-42(22-27-48)41-13-5-3-6-14-41)50-37-53(44-15-7-4-8-16-44)59-52-18-10-12-20-57(52)61(58(59)38-50)46-32-39-31-40(34-46)35-47(61)33-39/h3-30,36-40,46-47H,31-35H2,1-2H3. The third kappa shape index (κ3) is 5.21. The molecule has 0 radical (unpaired) electrons. The van der Waals surface area contributed by atoms with Crippen LogP contribution >= 0.6 is 0 Å². The first kappa shape index (κ1) is 36.2. The number of rotatable bonds is 6. The average Bonchev–Trinajstić information content (AvgIpc) is 3.74. The highest BCUT2D eigenvalue weighted by Crippen LogP contribution is 2.70. The Balaban J connectivity index is 0.999. The predicted octanol–water partition coefficient (Wildman–Crippen LogP) is 16.2. The molecule has 0 saturated heterocycles. The Morgan fingerprint density at radius 1 is 0.355 bits per heavy atom. The third-order valence-corrected chi connectivity index (χ3v) is 16.3. The van der Waals surface area contributed by atoms with Gasteiger partial charge in [0, 0.05) is 27.9 Å². The molecule has 1 spiro atoms. The van der Waals surface area contributed by atoms with Crippen molar-refractivity contribution >= 4 is 17.1 Å². The smallest absolute Gasteiger partial charge is 0.0471 e. The molecular formula is C61H51N. The van der Waals surface area contributed by atoms with Crippen LogP contribution in [0.15, 0.2) is 188 Å². The Morgan fingerprint density at radius 2 is 0.855 bits per heavy atom. The first-order valence-corrected chi connectivity index (χ1v) is 23.1. The van der Waals surface area contributed by atoms with Gasteiger partial charge in [-0.15, -0.1) is 0 Å². The molecule has 0 heterocycles. The van der Waals surface area contributed by atoms with Crippen LogP contribution in [0.4, 0.5) is 17.1 Å². The number of hydrogen-bond donors (Lipinski definition) is 0. The lowest BCUT2D eigenvalue weighted by molar-refractivity contribution is -0.0399. The summed E-state index contributed by atoms with van der Waals surface area (Å²) in [7, 11) is 0. The van der Waals surface area contributed by atoms with Gasteiger partial charge in [-0.25, -0.2) is 0 Å². The second kappa shape index (κ2) is 13.5. The van der Waals surface area contributed by atoms with Crippen LogP contribution < -0.4 is 4.90 Å². The average molecular weight is 798 g/mol. The fourth-order valence-corrected chi connectivity index (χ4v) is 13.8. The van der Waals surface area contributed by atoms with Gasteiger partial charge in [-0.3, -0.25) is 0 Å². The number of benzene rings is 8. The van der Waals surface area contributed by atoms with Gasteiger partial charge >= 0.3 is 0 Å². The molecule has 4 bridgehead atoms. The largest absolute Gasteiger partial charge is 0.310 e.